The summed E-state index contributed by atoms with van der Waals surface area (Å²) in [5.41, 5.74) is 3.19. The molecule has 0 heterocycles. The summed E-state index contributed by atoms with van der Waals surface area (Å²) in [6.45, 7) is 0. The molecule has 4 heteroatoms. The van der Waals surface area contributed by atoms with Gasteiger partial charge >= 0.3 is 0 Å². The Morgan fingerprint density at radius 2 is 1.88 bits per heavy atom. The first-order valence-electron chi connectivity index (χ1n) is 8.42. The highest BCUT2D eigenvalue weighted by Crippen LogP contribution is 2.26. The third-order valence-corrected chi connectivity index (χ3v) is 3.87. The van der Waals surface area contributed by atoms with Crippen molar-refractivity contribution in [2.45, 2.75) is 25.7 Å². The summed E-state index contributed by atoms with van der Waals surface area (Å²) in [4.78, 5) is 4.94. The number of oxime groups is 1. The molecule has 2 aromatic carbocycles. The predicted molar refractivity (Wildman–Crippen MR) is 102 cm³/mol. The zero-order valence-corrected chi connectivity index (χ0v) is 14.8. The lowest BCUT2D eigenvalue weighted by molar-refractivity contribution is 0.213. The lowest BCUT2D eigenvalue weighted by atomic mass is 10.0. The Labute approximate surface area is 149 Å². The van der Waals surface area contributed by atoms with Gasteiger partial charge in [0.2, 0.25) is 0 Å². The van der Waals surface area contributed by atoms with Crippen LogP contribution in [0.2, 0.25) is 0 Å². The zero-order valence-electron chi connectivity index (χ0n) is 14.8. The van der Waals surface area contributed by atoms with Crippen molar-refractivity contribution >= 4 is 11.8 Å². The highest BCUT2D eigenvalue weighted by Gasteiger charge is 2.02. The lowest BCUT2D eigenvalue weighted by Crippen LogP contribution is -1.96. The van der Waals surface area contributed by atoms with Gasteiger partial charge in [-0.05, 0) is 55.0 Å². The smallest absolute Gasteiger partial charge is 0.161 e. The normalized spacial score (nSPS) is 11.7. The van der Waals surface area contributed by atoms with Gasteiger partial charge in [-0.25, -0.2) is 0 Å². The largest absolute Gasteiger partial charge is 0.504 e. The minimum Gasteiger partial charge on any atom is -0.504 e. The molecule has 25 heavy (non-hydrogen) atoms. The van der Waals surface area contributed by atoms with Gasteiger partial charge in [0.05, 0.1) is 12.8 Å². The average Bonchev–Trinajstić information content (AvgIpc) is 2.65. The quantitative estimate of drug-likeness (QED) is 0.404. The second-order valence-electron chi connectivity index (χ2n) is 5.72. The first kappa shape index (κ1) is 18.6. The van der Waals surface area contributed by atoms with Crippen molar-refractivity contribution in [3.8, 4) is 11.5 Å². The van der Waals surface area contributed by atoms with Crippen LogP contribution in [0.1, 0.15) is 30.4 Å². The molecule has 0 aliphatic heterocycles. The monoisotopic (exact) mass is 339 g/mol. The molecule has 0 saturated heterocycles. The standard InChI is InChI=1S/C21H25NO3/c1-24-21-16-18(13-15-20(21)23)12-14-19(22-25-2)11-7-6-10-17-8-4-3-5-9-17/h3-5,8-9,12-16,23H,6-7,10-11H2,1-2H3/b14-12+,22-19?. The van der Waals surface area contributed by atoms with Crippen LogP contribution >= 0.6 is 0 Å². The molecule has 0 aromatic heterocycles. The summed E-state index contributed by atoms with van der Waals surface area (Å²) in [7, 11) is 3.09. The molecule has 0 atom stereocenters. The van der Waals surface area contributed by atoms with Gasteiger partial charge < -0.3 is 14.7 Å². The van der Waals surface area contributed by atoms with E-state index in [1.54, 1.807) is 19.2 Å². The molecule has 0 radical (unpaired) electrons. The van der Waals surface area contributed by atoms with Crippen LogP contribution in [0, 0.1) is 0 Å². The van der Waals surface area contributed by atoms with E-state index in [0.29, 0.717) is 5.75 Å². The Morgan fingerprint density at radius 1 is 1.08 bits per heavy atom. The Hall–Kier alpha value is -2.75. The number of aryl methyl sites for hydroxylation is 1. The number of nitrogens with zero attached hydrogens (tertiary/aromatic N) is 1. The van der Waals surface area contributed by atoms with Gasteiger partial charge in [-0.2, -0.15) is 0 Å². The van der Waals surface area contributed by atoms with Gasteiger partial charge in [-0.15, -0.1) is 0 Å². The van der Waals surface area contributed by atoms with Crippen LogP contribution in [0.4, 0.5) is 0 Å². The van der Waals surface area contributed by atoms with Crippen molar-refractivity contribution in [2.75, 3.05) is 14.2 Å². The van der Waals surface area contributed by atoms with Crippen LogP contribution in [0.3, 0.4) is 0 Å². The topological polar surface area (TPSA) is 51.0 Å². The van der Waals surface area contributed by atoms with Crippen LogP contribution in [0.5, 0.6) is 11.5 Å². The van der Waals surface area contributed by atoms with E-state index in [4.69, 9.17) is 9.57 Å². The number of hydrogen-bond acceptors (Lipinski definition) is 4. The summed E-state index contributed by atoms with van der Waals surface area (Å²) in [5.74, 6) is 0.585. The van der Waals surface area contributed by atoms with Crippen LogP contribution < -0.4 is 4.74 Å². The summed E-state index contributed by atoms with van der Waals surface area (Å²) in [5, 5.41) is 13.7. The molecule has 0 saturated carbocycles. The second kappa shape index (κ2) is 10.2. The third-order valence-electron chi connectivity index (χ3n) is 3.87. The van der Waals surface area contributed by atoms with Gasteiger partial charge in [0, 0.05) is 0 Å². The number of allylic oxidation sites excluding steroid dienone is 1. The maximum Gasteiger partial charge on any atom is 0.161 e. The molecule has 4 nitrogen and oxygen atoms in total. The van der Waals surface area contributed by atoms with Crippen LogP contribution in [-0.4, -0.2) is 25.0 Å². The second-order valence-corrected chi connectivity index (χ2v) is 5.72. The molecular formula is C21H25NO3. The Balaban J connectivity index is 1.89. The molecule has 0 aliphatic carbocycles. The number of phenols is 1. The minimum absolute atomic E-state index is 0.131. The maximum absolute atomic E-state index is 9.64. The zero-order chi connectivity index (χ0) is 17.9. The molecule has 2 rings (SSSR count). The first-order chi connectivity index (χ1) is 12.2. The van der Waals surface area contributed by atoms with Crippen molar-refractivity contribution in [3.05, 3.63) is 65.7 Å². The van der Waals surface area contributed by atoms with E-state index in [1.165, 1.54) is 12.7 Å². The predicted octanol–water partition coefficient (Wildman–Crippen LogP) is 4.83. The van der Waals surface area contributed by atoms with Gasteiger partial charge in [-0.1, -0.05) is 47.6 Å². The average molecular weight is 339 g/mol. The van der Waals surface area contributed by atoms with E-state index in [-0.39, 0.29) is 5.75 Å². The van der Waals surface area contributed by atoms with Crippen LogP contribution in [0.25, 0.3) is 6.08 Å². The van der Waals surface area contributed by atoms with E-state index in [0.717, 1.165) is 37.0 Å². The number of rotatable bonds is 9. The van der Waals surface area contributed by atoms with Crippen molar-refractivity contribution < 1.29 is 14.7 Å². The summed E-state index contributed by atoms with van der Waals surface area (Å²) >= 11 is 0. The summed E-state index contributed by atoms with van der Waals surface area (Å²) in [6, 6.07) is 15.7. The molecule has 0 unspecified atom stereocenters. The van der Waals surface area contributed by atoms with Gasteiger partial charge in [-0.3, -0.25) is 0 Å². The fourth-order valence-electron chi connectivity index (χ4n) is 2.55. The number of methoxy groups -OCH3 is 1. The number of benzene rings is 2. The van der Waals surface area contributed by atoms with Crippen molar-refractivity contribution in [1.82, 2.24) is 0 Å². The molecule has 0 bridgehead atoms. The number of hydrogen-bond donors (Lipinski definition) is 1. The number of aromatic hydroxyl groups is 1. The van der Waals surface area contributed by atoms with Gasteiger partial charge in [0.15, 0.2) is 11.5 Å². The van der Waals surface area contributed by atoms with Crippen molar-refractivity contribution in [1.29, 1.82) is 0 Å². The number of unbranched alkanes of at least 4 members (excludes halogenated alkanes) is 1. The Kier molecular flexibility index (Phi) is 7.57. The van der Waals surface area contributed by atoms with E-state index < -0.39 is 0 Å². The fourth-order valence-corrected chi connectivity index (χ4v) is 2.55. The molecule has 1 N–H and O–H groups in total. The fraction of sp³-hybridized carbons (Fsp3) is 0.286. The molecule has 2 aromatic rings. The highest BCUT2D eigenvalue weighted by atomic mass is 16.6. The highest BCUT2D eigenvalue weighted by molar-refractivity contribution is 5.97. The van der Waals surface area contributed by atoms with E-state index >= 15 is 0 Å². The first-order valence-corrected chi connectivity index (χ1v) is 8.42. The molecule has 0 fully saturated rings. The van der Waals surface area contributed by atoms with Crippen LogP contribution in [-0.2, 0) is 11.3 Å². The number of phenolic OH excluding ortho intramolecular Hbond substituents is 1. The Morgan fingerprint density at radius 3 is 2.60 bits per heavy atom. The summed E-state index contributed by atoms with van der Waals surface area (Å²) < 4.78 is 5.12. The van der Waals surface area contributed by atoms with E-state index in [2.05, 4.69) is 29.4 Å². The molecule has 0 amide bonds. The van der Waals surface area contributed by atoms with Gasteiger partial charge in [0.25, 0.3) is 0 Å². The third kappa shape index (κ3) is 6.34. The van der Waals surface area contributed by atoms with E-state index in [9.17, 15) is 5.11 Å². The SMILES string of the molecule is CON=C(/C=C/c1ccc(O)c(OC)c1)CCCCc1ccccc1. The van der Waals surface area contributed by atoms with Crippen LogP contribution in [0.15, 0.2) is 59.8 Å². The molecule has 0 aliphatic rings. The van der Waals surface area contributed by atoms with Crippen molar-refractivity contribution in [3.63, 3.8) is 0 Å². The van der Waals surface area contributed by atoms with E-state index in [1.807, 2.05) is 24.3 Å². The molecule has 132 valence electrons. The van der Waals surface area contributed by atoms with Crippen molar-refractivity contribution in [2.24, 2.45) is 5.16 Å². The summed E-state index contributed by atoms with van der Waals surface area (Å²) in [6.07, 6.45) is 7.95. The number of ether oxygens (including phenoxy) is 1. The lowest BCUT2D eigenvalue weighted by Gasteiger charge is -2.04. The molecular weight excluding hydrogens is 314 g/mol. The molecule has 0 spiro atoms. The minimum atomic E-state index is 0.131. The maximum atomic E-state index is 9.64. The Bertz CT molecular complexity index is 708. The van der Waals surface area contributed by atoms with Gasteiger partial charge in [0.1, 0.15) is 7.11 Å².